The fourth-order valence-corrected chi connectivity index (χ4v) is 4.74. The molecule has 0 aliphatic carbocycles. The second kappa shape index (κ2) is 9.14. The smallest absolute Gasteiger partial charge is 0.291 e. The molecule has 34 heavy (non-hydrogen) atoms. The first kappa shape index (κ1) is 22.5. The van der Waals surface area contributed by atoms with Gasteiger partial charge in [0.15, 0.2) is 16.9 Å². The van der Waals surface area contributed by atoms with Gasteiger partial charge < -0.3 is 23.5 Å². The summed E-state index contributed by atoms with van der Waals surface area (Å²) in [5, 5.41) is 0.460. The number of carbonyl (C=O) groups excluding carboxylic acids is 1. The third-order valence-corrected chi connectivity index (χ3v) is 6.37. The Kier molecular flexibility index (Phi) is 6.04. The summed E-state index contributed by atoms with van der Waals surface area (Å²) in [4.78, 5) is 28.9. The zero-order valence-electron chi connectivity index (χ0n) is 19.7. The SMILES string of the molecule is COc1cc([C@@H]2c3c(oc4ccccc4c3=O)C(=O)N2C[C@H]2CCCO2)ccc1OCC(C)C. The fourth-order valence-electron chi connectivity index (χ4n) is 4.74. The molecule has 2 aliphatic heterocycles. The summed E-state index contributed by atoms with van der Waals surface area (Å²) >= 11 is 0. The number of hydrogen-bond donors (Lipinski definition) is 0. The topological polar surface area (TPSA) is 78.2 Å². The van der Waals surface area contributed by atoms with Gasteiger partial charge in [-0.15, -0.1) is 0 Å². The minimum atomic E-state index is -0.597. The van der Waals surface area contributed by atoms with Crippen molar-refractivity contribution in [1.82, 2.24) is 4.90 Å². The molecule has 2 atom stereocenters. The summed E-state index contributed by atoms with van der Waals surface area (Å²) in [6, 6.07) is 12.0. The van der Waals surface area contributed by atoms with E-state index in [9.17, 15) is 9.59 Å². The second-order valence-corrected chi connectivity index (χ2v) is 9.28. The van der Waals surface area contributed by atoms with Crippen LogP contribution in [0.25, 0.3) is 11.0 Å². The van der Waals surface area contributed by atoms with Crippen LogP contribution in [0.5, 0.6) is 11.5 Å². The molecule has 178 valence electrons. The largest absolute Gasteiger partial charge is 0.493 e. The Morgan fingerprint density at radius 3 is 2.68 bits per heavy atom. The van der Waals surface area contributed by atoms with Gasteiger partial charge >= 0.3 is 0 Å². The van der Waals surface area contributed by atoms with Crippen LogP contribution in [0.15, 0.2) is 51.7 Å². The first-order valence-electron chi connectivity index (χ1n) is 11.8. The van der Waals surface area contributed by atoms with Crippen molar-refractivity contribution in [3.8, 4) is 11.5 Å². The zero-order valence-corrected chi connectivity index (χ0v) is 19.7. The highest BCUT2D eigenvalue weighted by Gasteiger charge is 2.44. The van der Waals surface area contributed by atoms with Crippen molar-refractivity contribution >= 4 is 16.9 Å². The quantitative estimate of drug-likeness (QED) is 0.511. The van der Waals surface area contributed by atoms with Gasteiger partial charge in [0, 0.05) is 13.2 Å². The first-order chi connectivity index (χ1) is 16.5. The van der Waals surface area contributed by atoms with Gasteiger partial charge in [-0.05, 0) is 48.6 Å². The van der Waals surface area contributed by atoms with Crippen LogP contribution < -0.4 is 14.9 Å². The molecule has 0 N–H and O–H groups in total. The van der Waals surface area contributed by atoms with Crippen molar-refractivity contribution in [2.75, 3.05) is 26.9 Å². The van der Waals surface area contributed by atoms with Gasteiger partial charge in [0.25, 0.3) is 5.91 Å². The maximum Gasteiger partial charge on any atom is 0.291 e. The number of methoxy groups -OCH3 is 1. The second-order valence-electron chi connectivity index (χ2n) is 9.28. The molecule has 7 heteroatoms. The molecule has 2 aromatic carbocycles. The molecule has 5 rings (SSSR count). The monoisotopic (exact) mass is 463 g/mol. The van der Waals surface area contributed by atoms with Gasteiger partial charge in [0.1, 0.15) is 5.58 Å². The van der Waals surface area contributed by atoms with E-state index in [1.165, 1.54) is 0 Å². The molecule has 0 spiro atoms. The average Bonchev–Trinajstić information content (AvgIpc) is 3.45. The van der Waals surface area contributed by atoms with Crippen molar-refractivity contribution in [1.29, 1.82) is 0 Å². The summed E-state index contributed by atoms with van der Waals surface area (Å²) in [6.07, 6.45) is 1.77. The molecule has 3 aromatic rings. The van der Waals surface area contributed by atoms with Crippen molar-refractivity contribution in [3.63, 3.8) is 0 Å². The zero-order chi connectivity index (χ0) is 23.8. The molecular formula is C27H29NO6. The van der Waals surface area contributed by atoms with Gasteiger partial charge in [-0.2, -0.15) is 0 Å². The van der Waals surface area contributed by atoms with E-state index in [0.29, 0.717) is 53.7 Å². The standard InChI is InChI=1S/C27H29NO6/c1-16(2)15-33-21-11-10-17(13-22(21)31-3)24-23-25(29)19-8-4-5-9-20(19)34-26(23)27(30)28(24)14-18-7-6-12-32-18/h4-5,8-11,13,16,18,24H,6-7,12,14-15H2,1-3H3/t18-,24-/m1/s1. The molecule has 0 radical (unpaired) electrons. The maximum atomic E-state index is 13.6. The van der Waals surface area contributed by atoms with Gasteiger partial charge in [-0.1, -0.05) is 32.0 Å². The molecular weight excluding hydrogens is 434 g/mol. The van der Waals surface area contributed by atoms with Crippen LogP contribution in [-0.2, 0) is 4.74 Å². The van der Waals surface area contributed by atoms with Crippen molar-refractivity contribution in [3.05, 3.63) is 69.6 Å². The number of para-hydroxylation sites is 1. The summed E-state index contributed by atoms with van der Waals surface area (Å²) in [5.41, 5.74) is 1.34. The van der Waals surface area contributed by atoms with Gasteiger partial charge in [-0.3, -0.25) is 9.59 Å². The van der Waals surface area contributed by atoms with Crippen LogP contribution >= 0.6 is 0 Å². The van der Waals surface area contributed by atoms with Crippen LogP contribution in [0, 0.1) is 5.92 Å². The van der Waals surface area contributed by atoms with E-state index in [1.807, 2.05) is 18.2 Å². The van der Waals surface area contributed by atoms with Crippen LogP contribution in [0.4, 0.5) is 0 Å². The lowest BCUT2D eigenvalue weighted by atomic mass is 9.97. The maximum absolute atomic E-state index is 13.6. The van der Waals surface area contributed by atoms with Gasteiger partial charge in [0.2, 0.25) is 5.76 Å². The fraction of sp³-hybridized carbons (Fsp3) is 0.407. The van der Waals surface area contributed by atoms with Crippen molar-refractivity contribution in [2.45, 2.75) is 38.8 Å². The van der Waals surface area contributed by atoms with E-state index in [-0.39, 0.29) is 23.2 Å². The van der Waals surface area contributed by atoms with Gasteiger partial charge in [0.05, 0.1) is 36.8 Å². The number of hydrogen-bond acceptors (Lipinski definition) is 6. The normalized spacial score (nSPS) is 19.8. The Morgan fingerprint density at radius 1 is 1.12 bits per heavy atom. The van der Waals surface area contributed by atoms with Crippen molar-refractivity contribution in [2.24, 2.45) is 5.92 Å². The number of ether oxygens (including phenoxy) is 3. The highest BCUT2D eigenvalue weighted by Crippen LogP contribution is 2.41. The lowest BCUT2D eigenvalue weighted by Gasteiger charge is -2.28. The van der Waals surface area contributed by atoms with E-state index in [2.05, 4.69) is 13.8 Å². The number of benzene rings is 2. The van der Waals surface area contributed by atoms with Crippen LogP contribution in [0.1, 0.15) is 54.4 Å². The minimum Gasteiger partial charge on any atom is -0.493 e. The molecule has 1 aromatic heterocycles. The third kappa shape index (κ3) is 3.94. The highest BCUT2D eigenvalue weighted by molar-refractivity contribution is 5.99. The van der Waals surface area contributed by atoms with Gasteiger partial charge in [-0.25, -0.2) is 0 Å². The van der Waals surface area contributed by atoms with Crippen LogP contribution in [0.2, 0.25) is 0 Å². The highest BCUT2D eigenvalue weighted by atomic mass is 16.5. The number of fused-ring (bicyclic) bond motifs is 2. The number of amides is 1. The summed E-state index contributed by atoms with van der Waals surface area (Å²) in [6.45, 7) is 5.78. The van der Waals surface area contributed by atoms with E-state index in [0.717, 1.165) is 18.4 Å². The van der Waals surface area contributed by atoms with Crippen LogP contribution in [-0.4, -0.2) is 43.8 Å². The van der Waals surface area contributed by atoms with E-state index >= 15 is 0 Å². The summed E-state index contributed by atoms with van der Waals surface area (Å²) in [7, 11) is 1.58. The average molecular weight is 464 g/mol. The Labute approximate surface area is 198 Å². The van der Waals surface area contributed by atoms with Crippen molar-refractivity contribution < 1.29 is 23.4 Å². The van der Waals surface area contributed by atoms with E-state index < -0.39 is 6.04 Å². The molecule has 1 amide bonds. The predicted molar refractivity (Wildman–Crippen MR) is 128 cm³/mol. The Bertz CT molecular complexity index is 1270. The molecule has 3 heterocycles. The third-order valence-electron chi connectivity index (χ3n) is 6.37. The summed E-state index contributed by atoms with van der Waals surface area (Å²) in [5.74, 6) is 1.36. The van der Waals surface area contributed by atoms with Crippen LogP contribution in [0.3, 0.4) is 0 Å². The summed E-state index contributed by atoms with van der Waals surface area (Å²) < 4.78 is 23.3. The molecule has 1 fully saturated rings. The first-order valence-corrected chi connectivity index (χ1v) is 11.8. The Hall–Kier alpha value is -3.32. The Balaban J connectivity index is 1.63. The molecule has 7 nitrogen and oxygen atoms in total. The minimum absolute atomic E-state index is 0.0687. The number of nitrogens with zero attached hydrogens (tertiary/aromatic N) is 1. The Morgan fingerprint density at radius 2 is 1.94 bits per heavy atom. The molecule has 1 saturated heterocycles. The lowest BCUT2D eigenvalue weighted by Crippen LogP contribution is -2.36. The molecule has 2 aliphatic rings. The number of rotatable bonds is 7. The molecule has 0 bridgehead atoms. The predicted octanol–water partition coefficient (Wildman–Crippen LogP) is 4.56. The van der Waals surface area contributed by atoms with E-state index in [4.69, 9.17) is 18.6 Å². The number of carbonyl (C=O) groups is 1. The molecule has 0 unspecified atom stereocenters. The lowest BCUT2D eigenvalue weighted by molar-refractivity contribution is 0.0486. The molecule has 0 saturated carbocycles. The van der Waals surface area contributed by atoms with E-state index in [1.54, 1.807) is 36.3 Å².